The third-order valence-corrected chi connectivity index (χ3v) is 4.63. The largest absolute Gasteiger partial charge is 0.396 e. The molecular weight excluding hydrogens is 276 g/mol. The fourth-order valence-electron chi connectivity index (χ4n) is 2.08. The van der Waals surface area contributed by atoms with Crippen molar-refractivity contribution in [3.63, 3.8) is 0 Å². The molecular formula is C15H32O4S. The van der Waals surface area contributed by atoms with E-state index in [1.165, 1.54) is 44.9 Å². The summed E-state index contributed by atoms with van der Waals surface area (Å²) in [5.74, 6) is -0.0821. The molecule has 0 amide bonds. The van der Waals surface area contributed by atoms with Crippen LogP contribution in [0, 0.1) is 0 Å². The molecule has 1 N–H and O–H groups in total. The van der Waals surface area contributed by atoms with Crippen LogP contribution in [-0.2, 0) is 14.3 Å². The molecule has 0 spiro atoms. The third-order valence-electron chi connectivity index (χ3n) is 3.31. The van der Waals surface area contributed by atoms with E-state index in [0.29, 0.717) is 0 Å². The summed E-state index contributed by atoms with van der Waals surface area (Å²) in [6.45, 7) is 2.40. The zero-order chi connectivity index (χ0) is 15.1. The van der Waals surface area contributed by atoms with E-state index in [2.05, 4.69) is 6.92 Å². The predicted octanol–water partition coefficient (Wildman–Crippen LogP) is 3.64. The maximum atomic E-state index is 11.3. The molecule has 0 heterocycles. The Labute approximate surface area is 125 Å². The minimum Gasteiger partial charge on any atom is -0.396 e. The normalized spacial score (nSPS) is 11.9. The van der Waals surface area contributed by atoms with Crippen molar-refractivity contribution in [2.24, 2.45) is 0 Å². The van der Waals surface area contributed by atoms with Crippen molar-refractivity contribution in [2.45, 2.75) is 77.6 Å². The Morgan fingerprint density at radius 2 is 1.30 bits per heavy atom. The van der Waals surface area contributed by atoms with Gasteiger partial charge in [0.05, 0.1) is 12.4 Å². The molecule has 0 aliphatic carbocycles. The molecule has 20 heavy (non-hydrogen) atoms. The highest BCUT2D eigenvalue weighted by atomic mass is 32.2. The Kier molecular flexibility index (Phi) is 13.7. The SMILES string of the molecule is CCCCCCCCCCCCOS(=O)(=O)CCCO. The van der Waals surface area contributed by atoms with E-state index in [9.17, 15) is 8.42 Å². The Balaban J connectivity index is 3.24. The van der Waals surface area contributed by atoms with E-state index >= 15 is 0 Å². The molecule has 0 saturated carbocycles. The van der Waals surface area contributed by atoms with E-state index in [-0.39, 0.29) is 25.4 Å². The number of rotatable bonds is 15. The van der Waals surface area contributed by atoms with Crippen LogP contribution in [0.5, 0.6) is 0 Å². The van der Waals surface area contributed by atoms with Gasteiger partial charge in [0.15, 0.2) is 0 Å². The molecule has 0 aromatic carbocycles. The Morgan fingerprint density at radius 3 is 1.80 bits per heavy atom. The Bertz CT molecular complexity index is 288. The second-order valence-corrected chi connectivity index (χ2v) is 7.10. The van der Waals surface area contributed by atoms with Crippen molar-refractivity contribution in [1.82, 2.24) is 0 Å². The number of hydrogen-bond donors (Lipinski definition) is 1. The van der Waals surface area contributed by atoms with Gasteiger partial charge in [0.25, 0.3) is 10.1 Å². The second-order valence-electron chi connectivity index (χ2n) is 5.34. The summed E-state index contributed by atoms with van der Waals surface area (Å²) in [5, 5.41) is 8.57. The van der Waals surface area contributed by atoms with Gasteiger partial charge >= 0.3 is 0 Å². The molecule has 0 fully saturated rings. The quantitative estimate of drug-likeness (QED) is 0.370. The first-order valence-electron chi connectivity index (χ1n) is 8.10. The predicted molar refractivity (Wildman–Crippen MR) is 83.3 cm³/mol. The summed E-state index contributed by atoms with van der Waals surface area (Å²) in [6, 6.07) is 0. The minimum absolute atomic E-state index is 0.0821. The molecule has 0 aromatic rings. The molecule has 5 heteroatoms. The smallest absolute Gasteiger partial charge is 0.267 e. The van der Waals surface area contributed by atoms with Crippen LogP contribution in [0.3, 0.4) is 0 Å². The Morgan fingerprint density at radius 1 is 0.800 bits per heavy atom. The van der Waals surface area contributed by atoms with E-state index in [1.807, 2.05) is 0 Å². The summed E-state index contributed by atoms with van der Waals surface area (Å²) in [4.78, 5) is 0. The van der Waals surface area contributed by atoms with Gasteiger partial charge in [-0.2, -0.15) is 8.42 Å². The minimum atomic E-state index is -3.41. The number of aliphatic hydroxyl groups is 1. The molecule has 0 aliphatic rings. The maximum absolute atomic E-state index is 11.3. The summed E-state index contributed by atoms with van der Waals surface area (Å²) in [6.07, 6.45) is 12.4. The highest BCUT2D eigenvalue weighted by Crippen LogP contribution is 2.10. The van der Waals surface area contributed by atoms with E-state index < -0.39 is 10.1 Å². The fourth-order valence-corrected chi connectivity index (χ4v) is 3.05. The lowest BCUT2D eigenvalue weighted by molar-refractivity contribution is 0.283. The molecule has 0 aromatic heterocycles. The average molecular weight is 308 g/mol. The van der Waals surface area contributed by atoms with Crippen LogP contribution in [-0.4, -0.2) is 32.5 Å². The standard InChI is InChI=1S/C15H32O4S/c1-2-3-4-5-6-7-8-9-10-11-14-19-20(17,18)15-12-13-16/h16H,2-15H2,1H3. The van der Waals surface area contributed by atoms with Gasteiger partial charge in [-0.25, -0.2) is 0 Å². The fraction of sp³-hybridized carbons (Fsp3) is 1.00. The molecule has 0 saturated heterocycles. The molecule has 0 atom stereocenters. The summed E-state index contributed by atoms with van der Waals surface area (Å²) in [5.41, 5.74) is 0. The summed E-state index contributed by atoms with van der Waals surface area (Å²) in [7, 11) is -3.41. The Hall–Kier alpha value is -0.130. The van der Waals surface area contributed by atoms with Crippen molar-refractivity contribution >= 4 is 10.1 Å². The van der Waals surface area contributed by atoms with Gasteiger partial charge in [-0.3, -0.25) is 4.18 Å². The van der Waals surface area contributed by atoms with E-state index in [4.69, 9.17) is 9.29 Å². The first kappa shape index (κ1) is 19.9. The van der Waals surface area contributed by atoms with Crippen molar-refractivity contribution in [1.29, 1.82) is 0 Å². The van der Waals surface area contributed by atoms with Crippen molar-refractivity contribution in [3.05, 3.63) is 0 Å². The van der Waals surface area contributed by atoms with Crippen molar-refractivity contribution in [2.75, 3.05) is 19.0 Å². The van der Waals surface area contributed by atoms with Crippen molar-refractivity contribution < 1.29 is 17.7 Å². The maximum Gasteiger partial charge on any atom is 0.267 e. The molecule has 0 aliphatic heterocycles. The average Bonchev–Trinajstić information content (AvgIpc) is 2.42. The lowest BCUT2D eigenvalue weighted by atomic mass is 10.1. The molecule has 0 radical (unpaired) electrons. The summed E-state index contributed by atoms with van der Waals surface area (Å²) >= 11 is 0. The van der Waals surface area contributed by atoms with Crippen LogP contribution >= 0.6 is 0 Å². The van der Waals surface area contributed by atoms with Gasteiger partial charge in [-0.15, -0.1) is 0 Å². The van der Waals surface area contributed by atoms with Crippen LogP contribution < -0.4 is 0 Å². The number of aliphatic hydroxyl groups excluding tert-OH is 1. The topological polar surface area (TPSA) is 63.6 Å². The number of hydrogen-bond acceptors (Lipinski definition) is 4. The highest BCUT2D eigenvalue weighted by Gasteiger charge is 2.09. The van der Waals surface area contributed by atoms with Crippen LogP contribution in [0.15, 0.2) is 0 Å². The van der Waals surface area contributed by atoms with Gasteiger partial charge < -0.3 is 5.11 Å². The van der Waals surface area contributed by atoms with Gasteiger partial charge in [0.2, 0.25) is 0 Å². The van der Waals surface area contributed by atoms with Crippen molar-refractivity contribution in [3.8, 4) is 0 Å². The lowest BCUT2D eigenvalue weighted by Crippen LogP contribution is -2.12. The first-order chi connectivity index (χ1) is 9.62. The van der Waals surface area contributed by atoms with E-state index in [1.54, 1.807) is 0 Å². The van der Waals surface area contributed by atoms with Crippen LogP contribution in [0.1, 0.15) is 77.6 Å². The van der Waals surface area contributed by atoms with Crippen LogP contribution in [0.2, 0.25) is 0 Å². The molecule has 0 bridgehead atoms. The highest BCUT2D eigenvalue weighted by molar-refractivity contribution is 7.86. The lowest BCUT2D eigenvalue weighted by Gasteiger charge is -2.05. The van der Waals surface area contributed by atoms with Gasteiger partial charge in [-0.1, -0.05) is 64.7 Å². The second kappa shape index (κ2) is 13.8. The first-order valence-corrected chi connectivity index (χ1v) is 9.68. The molecule has 0 rings (SSSR count). The zero-order valence-corrected chi connectivity index (χ0v) is 13.8. The van der Waals surface area contributed by atoms with Crippen LogP contribution in [0.25, 0.3) is 0 Å². The van der Waals surface area contributed by atoms with Crippen LogP contribution in [0.4, 0.5) is 0 Å². The third kappa shape index (κ3) is 14.3. The molecule has 122 valence electrons. The molecule has 0 unspecified atom stereocenters. The van der Waals surface area contributed by atoms with Gasteiger partial charge in [-0.05, 0) is 12.8 Å². The number of unbranched alkanes of at least 4 members (excludes halogenated alkanes) is 9. The van der Waals surface area contributed by atoms with E-state index in [0.717, 1.165) is 19.3 Å². The monoisotopic (exact) mass is 308 g/mol. The van der Waals surface area contributed by atoms with Gasteiger partial charge in [0.1, 0.15) is 0 Å². The summed E-state index contributed by atoms with van der Waals surface area (Å²) < 4.78 is 27.5. The molecule has 4 nitrogen and oxygen atoms in total. The van der Waals surface area contributed by atoms with Gasteiger partial charge in [0, 0.05) is 6.61 Å². The zero-order valence-electron chi connectivity index (χ0n) is 13.0.